The van der Waals surface area contributed by atoms with Gasteiger partial charge in [-0.1, -0.05) is 502 Å². The molecule has 121 heavy (non-hydrogen) atoms. The quantitative estimate of drug-likeness (QED) is 0.0145. The second-order valence-corrected chi connectivity index (χ2v) is 35.2. The van der Waals surface area contributed by atoms with Crippen LogP contribution in [0.5, 0.6) is 0 Å². The molecule has 0 aliphatic heterocycles. The average Bonchev–Trinajstić information content (AvgIpc) is 1.07. The van der Waals surface area contributed by atoms with Crippen molar-refractivity contribution in [3.8, 4) is 0 Å². The zero-order chi connectivity index (χ0) is 85.0. The predicted octanol–water partition coefficient (Wildman–Crippen LogP) is 34.4. The van der Waals surface area contributed by atoms with Gasteiger partial charge in [0.1, 0.15) is 0 Å². The maximum Gasteiger partial charge on any atom is 2.00 e. The fourth-order valence-corrected chi connectivity index (χ4v) is 14.9. The van der Waals surface area contributed by atoms with E-state index in [0.29, 0.717) is 75.1 Å². The van der Waals surface area contributed by atoms with Crippen LogP contribution in [0.15, 0.2) is 48.6 Å². The molecule has 0 bridgehead atoms. The SMILES string of the molecule is C.C.CCCCCCCCCCCCCCCCCCC/C=C/CCC(=O)OCC[S-].CCCCCCCCCCCCCCCCCCC/C=C/CCC(=O)OCC[S-].CCCCCCCCCCCCCCCCCCC/C=C/CCC(=O)OCC[S-].CCCCCCCCCCCCCCCCCCC/C=C/CCC(=O)OCC[S-].S.[Sn+2].[Sn+2]. The van der Waals surface area contributed by atoms with E-state index < -0.39 is 0 Å². The molecule has 0 atom stereocenters. The van der Waals surface area contributed by atoms with E-state index in [1.807, 2.05) is 0 Å². The molecule has 0 N–H and O–H groups in total. The van der Waals surface area contributed by atoms with Gasteiger partial charge in [-0.15, -0.1) is 23.0 Å². The minimum atomic E-state index is -0.127. The maximum absolute atomic E-state index is 11.3. The summed E-state index contributed by atoms with van der Waals surface area (Å²) in [6, 6.07) is 0. The fraction of sp³-hybridized carbons (Fsp3) is 0.887. The Labute approximate surface area is 820 Å². The summed E-state index contributed by atoms with van der Waals surface area (Å²) in [6.07, 6.45) is 123. The summed E-state index contributed by atoms with van der Waals surface area (Å²) < 4.78 is 19.8. The van der Waals surface area contributed by atoms with Crippen LogP contribution in [0.2, 0.25) is 0 Å². The van der Waals surface area contributed by atoms with Crippen molar-refractivity contribution in [2.45, 2.75) is 556 Å². The number of carbonyl (C=O) groups is 4. The number of allylic oxidation sites excluding steroid dienone is 8. The van der Waals surface area contributed by atoms with E-state index in [1.165, 1.54) is 437 Å². The molecule has 0 rings (SSSR count). The third kappa shape index (κ3) is 143. The van der Waals surface area contributed by atoms with Crippen LogP contribution in [0.3, 0.4) is 0 Å². The third-order valence-corrected chi connectivity index (χ3v) is 22.7. The number of hydrogen-bond donors (Lipinski definition) is 0. The Hall–Kier alpha value is 0.187. The van der Waals surface area contributed by atoms with E-state index >= 15 is 0 Å². The molecule has 0 amide bonds. The van der Waals surface area contributed by atoms with Crippen LogP contribution < -0.4 is 0 Å². The van der Waals surface area contributed by atoms with Gasteiger partial charge in [-0.3, -0.25) is 19.2 Å². The number of carbonyl (C=O) groups excluding carboxylic acids is 4. The Morgan fingerprint density at radius 2 is 0.281 bits per heavy atom. The maximum atomic E-state index is 11.3. The molecule has 4 radical (unpaired) electrons. The van der Waals surface area contributed by atoms with Crippen molar-refractivity contribution in [2.75, 3.05) is 49.4 Å². The van der Waals surface area contributed by atoms with E-state index in [4.69, 9.17) is 69.5 Å². The number of hydrogen-bond acceptors (Lipinski definition) is 12. The first-order chi connectivity index (χ1) is 57.2. The molecular weight excluding hydrogens is 1800 g/mol. The summed E-state index contributed by atoms with van der Waals surface area (Å²) in [4.78, 5) is 45.2. The summed E-state index contributed by atoms with van der Waals surface area (Å²) in [5.41, 5.74) is 0. The van der Waals surface area contributed by atoms with E-state index in [9.17, 15) is 19.2 Å². The second kappa shape index (κ2) is 136. The average molecular weight is 2010 g/mol. The molecule has 0 aromatic heterocycles. The zero-order valence-corrected chi connectivity index (χ0v) is 89.2. The van der Waals surface area contributed by atoms with Crippen molar-refractivity contribution in [2.24, 2.45) is 0 Å². The molecule has 716 valence electrons. The third-order valence-electron chi connectivity index (χ3n) is 22.0. The first kappa shape index (κ1) is 139. The van der Waals surface area contributed by atoms with Crippen LogP contribution in [-0.2, 0) is 88.6 Å². The topological polar surface area (TPSA) is 105 Å². The van der Waals surface area contributed by atoms with Gasteiger partial charge in [0.2, 0.25) is 0 Å². The Morgan fingerprint density at radius 1 is 0.182 bits per heavy atom. The summed E-state index contributed by atoms with van der Waals surface area (Å²) >= 11 is 19.0. The van der Waals surface area contributed by atoms with Crippen molar-refractivity contribution in [1.82, 2.24) is 0 Å². The van der Waals surface area contributed by atoms with Gasteiger partial charge in [-0.25, -0.2) is 0 Å². The Morgan fingerprint density at radius 3 is 0.388 bits per heavy atom. The van der Waals surface area contributed by atoms with E-state index in [2.05, 4.69) is 76.3 Å². The largest absolute Gasteiger partial charge is 2.00 e. The molecular formula is C106H206O8S5Sn2. The normalized spacial score (nSPS) is 10.9. The second-order valence-electron chi connectivity index (χ2n) is 33.5. The number of unbranched alkanes of at least 4 members (excludes halogenated alkanes) is 68. The molecule has 0 unspecified atom stereocenters. The number of esters is 4. The number of rotatable bonds is 92. The van der Waals surface area contributed by atoms with Crippen molar-refractivity contribution >= 4 is 136 Å². The summed E-state index contributed by atoms with van der Waals surface area (Å²) in [5, 5.41) is 0. The van der Waals surface area contributed by atoms with Crippen LogP contribution >= 0.6 is 13.5 Å². The van der Waals surface area contributed by atoms with Crippen LogP contribution in [0.1, 0.15) is 556 Å². The monoisotopic (exact) mass is 2010 g/mol. The van der Waals surface area contributed by atoms with Crippen molar-refractivity contribution in [3.63, 3.8) is 0 Å². The minimum Gasteiger partial charge on any atom is -0.789 e. The minimum absolute atomic E-state index is 0. The Balaban J connectivity index is -0.000000195. The molecule has 0 aromatic rings. The van der Waals surface area contributed by atoms with Crippen LogP contribution in [-0.4, -0.2) is 121 Å². The van der Waals surface area contributed by atoms with Gasteiger partial charge < -0.3 is 69.5 Å². The Kier molecular flexibility index (Phi) is 156. The fourth-order valence-electron chi connectivity index (χ4n) is 14.6. The van der Waals surface area contributed by atoms with Crippen LogP contribution in [0.25, 0.3) is 0 Å². The summed E-state index contributed by atoms with van der Waals surface area (Å²) in [7, 11) is 0. The van der Waals surface area contributed by atoms with E-state index in [0.717, 1.165) is 51.4 Å². The molecule has 0 saturated carbocycles. The van der Waals surface area contributed by atoms with Gasteiger partial charge in [0.05, 0.1) is 26.4 Å². The summed E-state index contributed by atoms with van der Waals surface area (Å²) in [6.45, 7) is 10.6. The van der Waals surface area contributed by atoms with Gasteiger partial charge in [0.15, 0.2) is 0 Å². The van der Waals surface area contributed by atoms with Crippen molar-refractivity contribution in [3.05, 3.63) is 48.6 Å². The smallest absolute Gasteiger partial charge is 0.789 e. The molecule has 8 nitrogen and oxygen atoms in total. The van der Waals surface area contributed by atoms with Gasteiger partial charge in [-0.2, -0.15) is 13.5 Å². The molecule has 0 aromatic carbocycles. The standard InChI is InChI=1S/4C26H50O2S.2CH4.H2S.2Sn/c4*1-2-3-4-5-6-7-8-9-10-11-12-13-14-15-16-17-18-19-20-21-22-23-26(27)28-24-25-29;;;;;/h4*20-21,29H,2-19,22-25H2,1H3;2*1H4;1H2;;/q;;;;;;;2*+2/p-4/b4*21-20+;;;;;. The molecule has 0 spiro atoms. The first-order valence-corrected chi connectivity index (χ1v) is 53.1. The molecule has 0 heterocycles. The van der Waals surface area contributed by atoms with Crippen LogP contribution in [0, 0.1) is 0 Å². The number of ether oxygens (including phenoxy) is 4. The molecule has 15 heteroatoms. The van der Waals surface area contributed by atoms with Crippen LogP contribution in [0.4, 0.5) is 0 Å². The molecule has 0 aliphatic carbocycles. The Bertz CT molecular complexity index is 1710. The predicted molar refractivity (Wildman–Crippen MR) is 557 cm³/mol. The summed E-state index contributed by atoms with van der Waals surface area (Å²) in [5.74, 6) is 1.44. The molecule has 0 fully saturated rings. The van der Waals surface area contributed by atoms with Gasteiger partial charge in [0.25, 0.3) is 0 Å². The van der Waals surface area contributed by atoms with Gasteiger partial charge in [-0.05, 0) is 77.0 Å². The zero-order valence-electron chi connectivity index (χ0n) is 79.2. The van der Waals surface area contributed by atoms with E-state index in [1.54, 1.807) is 0 Å². The van der Waals surface area contributed by atoms with Gasteiger partial charge >= 0.3 is 71.7 Å². The van der Waals surface area contributed by atoms with Crippen molar-refractivity contribution < 1.29 is 38.1 Å². The molecule has 0 aliphatic rings. The first-order valence-electron chi connectivity index (χ1n) is 50.8. The van der Waals surface area contributed by atoms with Crippen molar-refractivity contribution in [1.29, 1.82) is 0 Å². The molecule has 0 saturated heterocycles. The van der Waals surface area contributed by atoms with Gasteiger partial charge in [0, 0.05) is 25.7 Å². The van der Waals surface area contributed by atoms with E-state index in [-0.39, 0.29) is 100 Å².